The number of carbonyl (C=O) groups is 1. The number of benzene rings is 2. The number of hydrogen-bond donors (Lipinski definition) is 3. The number of anilines is 3. The Morgan fingerprint density at radius 1 is 1.21 bits per heavy atom. The van der Waals surface area contributed by atoms with Gasteiger partial charge >= 0.3 is 5.97 Å². The highest BCUT2D eigenvalue weighted by molar-refractivity contribution is 6.31. The summed E-state index contributed by atoms with van der Waals surface area (Å²) in [6.45, 7) is 0.430. The van der Waals surface area contributed by atoms with Crippen LogP contribution in [-0.2, 0) is 4.79 Å². The van der Waals surface area contributed by atoms with Gasteiger partial charge in [0.2, 0.25) is 0 Å². The summed E-state index contributed by atoms with van der Waals surface area (Å²) in [6.07, 6.45) is 3.66. The first-order valence-electron chi connectivity index (χ1n) is 9.05. The summed E-state index contributed by atoms with van der Waals surface area (Å²) in [5.74, 6) is -0.287. The number of nitrogen functional groups attached to an aromatic ring is 1. The molecule has 0 unspecified atom stereocenters. The van der Waals surface area contributed by atoms with Crippen LogP contribution in [0.1, 0.15) is 25.7 Å². The van der Waals surface area contributed by atoms with Crippen LogP contribution in [0.2, 0.25) is 5.02 Å². The van der Waals surface area contributed by atoms with Gasteiger partial charge in [-0.2, -0.15) is 0 Å². The molecule has 0 saturated heterocycles. The SMILES string of the molecule is Nc1cc2c(Nc3ccc(F)c(Cl)c3)ncnc2cc1OCCCCCC(=O)O. The molecule has 0 saturated carbocycles. The molecule has 3 aromatic rings. The number of nitrogens with two attached hydrogens (primary N) is 1. The molecular formula is C20H20ClFN4O3. The Balaban J connectivity index is 1.71. The van der Waals surface area contributed by atoms with Crippen molar-refractivity contribution in [2.45, 2.75) is 25.7 Å². The van der Waals surface area contributed by atoms with Crippen molar-refractivity contribution < 1.29 is 19.0 Å². The van der Waals surface area contributed by atoms with Gasteiger partial charge in [0.15, 0.2) is 0 Å². The minimum atomic E-state index is -0.795. The Kier molecular flexibility index (Phi) is 6.66. The minimum Gasteiger partial charge on any atom is -0.491 e. The first kappa shape index (κ1) is 20.6. The second-order valence-electron chi connectivity index (χ2n) is 6.44. The average Bonchev–Trinajstić information content (AvgIpc) is 2.68. The number of halogens is 2. The van der Waals surface area contributed by atoms with Crippen LogP contribution in [0.4, 0.5) is 21.6 Å². The molecule has 4 N–H and O–H groups in total. The molecule has 152 valence electrons. The fourth-order valence-corrected chi connectivity index (χ4v) is 2.95. The molecule has 0 fully saturated rings. The molecular weight excluding hydrogens is 399 g/mol. The lowest BCUT2D eigenvalue weighted by Gasteiger charge is -2.13. The third-order valence-corrected chi connectivity index (χ3v) is 4.53. The zero-order chi connectivity index (χ0) is 20.8. The molecule has 1 aromatic heterocycles. The number of rotatable bonds is 9. The number of unbranched alkanes of at least 4 members (excludes halogenated alkanes) is 2. The molecule has 9 heteroatoms. The molecule has 0 bridgehead atoms. The van der Waals surface area contributed by atoms with Crippen molar-refractivity contribution in [3.63, 3.8) is 0 Å². The van der Waals surface area contributed by atoms with Crippen LogP contribution in [0, 0.1) is 5.82 Å². The molecule has 2 aromatic carbocycles. The summed E-state index contributed by atoms with van der Waals surface area (Å²) in [6, 6.07) is 7.73. The lowest BCUT2D eigenvalue weighted by atomic mass is 10.2. The van der Waals surface area contributed by atoms with E-state index in [1.807, 2.05) is 0 Å². The summed E-state index contributed by atoms with van der Waals surface area (Å²) in [7, 11) is 0. The van der Waals surface area contributed by atoms with Crippen molar-refractivity contribution in [2.24, 2.45) is 0 Å². The van der Waals surface area contributed by atoms with Crippen LogP contribution in [-0.4, -0.2) is 27.7 Å². The number of hydrogen-bond acceptors (Lipinski definition) is 6. The third-order valence-electron chi connectivity index (χ3n) is 4.24. The number of ether oxygens (including phenoxy) is 1. The standard InChI is InChI=1S/C20H20ClFN4O3/c21-14-8-12(5-6-15(14)22)26-20-13-9-16(23)18(10-17(13)24-11-25-20)29-7-3-1-2-4-19(27)28/h5-6,8-11H,1-4,7,23H2,(H,27,28)(H,24,25,26). The van der Waals surface area contributed by atoms with Gasteiger partial charge in [0.1, 0.15) is 23.7 Å². The Hall–Kier alpha value is -3.13. The quantitative estimate of drug-likeness (QED) is 0.339. The number of aliphatic carboxylic acids is 1. The molecule has 0 spiro atoms. The van der Waals surface area contributed by atoms with Crippen LogP contribution >= 0.6 is 11.6 Å². The number of carboxylic acid groups (broad SMARTS) is 1. The first-order valence-corrected chi connectivity index (χ1v) is 9.43. The van der Waals surface area contributed by atoms with Gasteiger partial charge in [-0.3, -0.25) is 4.79 Å². The van der Waals surface area contributed by atoms with E-state index >= 15 is 0 Å². The third kappa shape index (κ3) is 5.45. The fourth-order valence-electron chi connectivity index (χ4n) is 2.77. The van der Waals surface area contributed by atoms with Gasteiger partial charge in [0.05, 0.1) is 22.8 Å². The minimum absolute atomic E-state index is 0.00640. The predicted molar refractivity (Wildman–Crippen MR) is 110 cm³/mol. The number of aromatic nitrogens is 2. The van der Waals surface area contributed by atoms with Crippen molar-refractivity contribution >= 4 is 45.7 Å². The highest BCUT2D eigenvalue weighted by atomic mass is 35.5. The van der Waals surface area contributed by atoms with Gasteiger partial charge < -0.3 is 20.9 Å². The van der Waals surface area contributed by atoms with Crippen molar-refractivity contribution in [1.29, 1.82) is 0 Å². The van der Waals surface area contributed by atoms with E-state index in [2.05, 4.69) is 15.3 Å². The van der Waals surface area contributed by atoms with Crippen molar-refractivity contribution in [1.82, 2.24) is 9.97 Å². The highest BCUT2D eigenvalue weighted by Gasteiger charge is 2.10. The van der Waals surface area contributed by atoms with Gasteiger partial charge in [-0.1, -0.05) is 11.6 Å². The maximum Gasteiger partial charge on any atom is 0.303 e. The number of fused-ring (bicyclic) bond motifs is 1. The molecule has 0 radical (unpaired) electrons. The fraction of sp³-hybridized carbons (Fsp3) is 0.250. The van der Waals surface area contributed by atoms with Crippen molar-refractivity contribution in [3.8, 4) is 5.75 Å². The van der Waals surface area contributed by atoms with Crippen LogP contribution < -0.4 is 15.8 Å². The van der Waals surface area contributed by atoms with Crippen molar-refractivity contribution in [3.05, 3.63) is 47.5 Å². The maximum atomic E-state index is 13.4. The van der Waals surface area contributed by atoms with Crippen LogP contribution in [0.5, 0.6) is 5.75 Å². The van der Waals surface area contributed by atoms with E-state index in [4.69, 9.17) is 27.2 Å². The highest BCUT2D eigenvalue weighted by Crippen LogP contribution is 2.32. The smallest absolute Gasteiger partial charge is 0.303 e. The Labute approximate surface area is 171 Å². The number of nitrogens with one attached hydrogen (secondary N) is 1. The summed E-state index contributed by atoms with van der Waals surface area (Å²) < 4.78 is 19.1. The Morgan fingerprint density at radius 2 is 2.03 bits per heavy atom. The maximum absolute atomic E-state index is 13.4. The summed E-state index contributed by atoms with van der Waals surface area (Å²) in [5.41, 5.74) is 7.76. The van der Waals surface area contributed by atoms with Crippen molar-refractivity contribution in [2.75, 3.05) is 17.7 Å². The molecule has 0 aliphatic rings. The van der Waals surface area contributed by atoms with Gasteiger partial charge in [0.25, 0.3) is 0 Å². The molecule has 0 atom stereocenters. The van der Waals surface area contributed by atoms with Gasteiger partial charge in [-0.15, -0.1) is 0 Å². The van der Waals surface area contributed by atoms with Crippen LogP contribution in [0.3, 0.4) is 0 Å². The van der Waals surface area contributed by atoms with Gasteiger partial charge in [-0.05, 0) is 43.5 Å². The topological polar surface area (TPSA) is 110 Å². The molecule has 1 heterocycles. The van der Waals surface area contributed by atoms with E-state index in [0.717, 1.165) is 12.8 Å². The van der Waals surface area contributed by atoms with E-state index in [1.165, 1.54) is 18.5 Å². The normalized spacial score (nSPS) is 10.8. The number of carboxylic acids is 1. The molecule has 7 nitrogen and oxygen atoms in total. The van der Waals surface area contributed by atoms with Gasteiger partial charge in [0, 0.05) is 23.6 Å². The largest absolute Gasteiger partial charge is 0.491 e. The number of nitrogens with zero attached hydrogens (tertiary/aromatic N) is 2. The summed E-state index contributed by atoms with van der Waals surface area (Å²) >= 11 is 5.83. The Bertz CT molecular complexity index is 1030. The molecule has 0 amide bonds. The average molecular weight is 419 g/mol. The second-order valence-corrected chi connectivity index (χ2v) is 6.84. The molecule has 0 aliphatic heterocycles. The van der Waals surface area contributed by atoms with E-state index < -0.39 is 11.8 Å². The molecule has 0 aliphatic carbocycles. The van der Waals surface area contributed by atoms with E-state index in [1.54, 1.807) is 18.2 Å². The summed E-state index contributed by atoms with van der Waals surface area (Å²) in [4.78, 5) is 19.0. The second kappa shape index (κ2) is 9.38. The lowest BCUT2D eigenvalue weighted by molar-refractivity contribution is -0.137. The van der Waals surface area contributed by atoms with Gasteiger partial charge in [-0.25, -0.2) is 14.4 Å². The predicted octanol–water partition coefficient (Wildman–Crippen LogP) is 4.77. The lowest BCUT2D eigenvalue weighted by Crippen LogP contribution is -2.03. The first-order chi connectivity index (χ1) is 13.9. The van der Waals surface area contributed by atoms with Crippen LogP contribution in [0.25, 0.3) is 10.9 Å². The molecule has 3 rings (SSSR count). The Morgan fingerprint density at radius 3 is 2.79 bits per heavy atom. The van der Waals surface area contributed by atoms with E-state index in [-0.39, 0.29) is 11.4 Å². The molecule has 29 heavy (non-hydrogen) atoms. The van der Waals surface area contributed by atoms with Crippen LogP contribution in [0.15, 0.2) is 36.7 Å². The zero-order valence-corrected chi connectivity index (χ0v) is 16.2. The van der Waals surface area contributed by atoms with E-state index in [9.17, 15) is 9.18 Å². The monoisotopic (exact) mass is 418 g/mol. The van der Waals surface area contributed by atoms with E-state index in [0.29, 0.717) is 46.9 Å². The summed E-state index contributed by atoms with van der Waals surface area (Å²) in [5, 5.41) is 12.4. The zero-order valence-electron chi connectivity index (χ0n) is 15.5.